The number of hydrogen-bond acceptors (Lipinski definition) is 5. The van der Waals surface area contributed by atoms with E-state index in [0.29, 0.717) is 0 Å². The summed E-state index contributed by atoms with van der Waals surface area (Å²) in [5.74, 6) is 1.08. The molecule has 0 aromatic carbocycles. The third-order valence-electron chi connectivity index (χ3n) is 3.30. The van der Waals surface area contributed by atoms with Crippen LogP contribution in [0.4, 0.5) is 5.82 Å². The highest BCUT2D eigenvalue weighted by Crippen LogP contribution is 2.30. The molecule has 2 aromatic rings. The zero-order valence-corrected chi connectivity index (χ0v) is 11.8. The first-order valence-corrected chi connectivity index (χ1v) is 7.08. The molecule has 4 nitrogen and oxygen atoms in total. The van der Waals surface area contributed by atoms with Crippen molar-refractivity contribution < 1.29 is 0 Å². The molecule has 1 fully saturated rings. The van der Waals surface area contributed by atoms with Crippen LogP contribution < -0.4 is 10.2 Å². The zero-order chi connectivity index (χ0) is 12.8. The van der Waals surface area contributed by atoms with Gasteiger partial charge in [0.2, 0.25) is 0 Å². The Morgan fingerprint density at radius 3 is 3.00 bits per heavy atom. The number of piperazine rings is 1. The van der Waals surface area contributed by atoms with Crippen molar-refractivity contribution in [1.29, 1.82) is 0 Å². The number of aryl methyl sites for hydroxylation is 1. The second-order valence-corrected chi connectivity index (χ2v) is 6.74. The summed E-state index contributed by atoms with van der Waals surface area (Å²) in [4.78, 5) is 13.6. The van der Waals surface area contributed by atoms with Gasteiger partial charge in [-0.25, -0.2) is 9.97 Å². The van der Waals surface area contributed by atoms with E-state index in [0.717, 1.165) is 30.3 Å². The molecule has 1 saturated heterocycles. The topological polar surface area (TPSA) is 41.0 Å². The summed E-state index contributed by atoms with van der Waals surface area (Å²) in [6.45, 7) is 9.57. The monoisotopic (exact) mass is 262 g/mol. The highest BCUT2D eigenvalue weighted by molar-refractivity contribution is 7.18. The second kappa shape index (κ2) is 4.17. The lowest BCUT2D eigenvalue weighted by Crippen LogP contribution is -2.57. The van der Waals surface area contributed by atoms with Crippen molar-refractivity contribution in [2.24, 2.45) is 0 Å². The molecule has 1 aliphatic heterocycles. The third kappa shape index (κ3) is 2.08. The van der Waals surface area contributed by atoms with E-state index in [1.54, 1.807) is 17.7 Å². The van der Waals surface area contributed by atoms with E-state index in [-0.39, 0.29) is 5.54 Å². The van der Waals surface area contributed by atoms with Gasteiger partial charge in [0, 0.05) is 30.1 Å². The van der Waals surface area contributed by atoms with Gasteiger partial charge in [0.25, 0.3) is 0 Å². The molecular formula is C13H18N4S. The SMILES string of the molecule is Cc1cc2c(N3CCNC(C)(C)C3)ncnc2s1. The van der Waals surface area contributed by atoms with Gasteiger partial charge in [0.05, 0.1) is 5.39 Å². The molecule has 2 aromatic heterocycles. The fraction of sp³-hybridized carbons (Fsp3) is 0.538. The van der Waals surface area contributed by atoms with Crippen molar-refractivity contribution in [3.8, 4) is 0 Å². The minimum Gasteiger partial charge on any atom is -0.353 e. The van der Waals surface area contributed by atoms with Crippen molar-refractivity contribution >= 4 is 27.4 Å². The quantitative estimate of drug-likeness (QED) is 0.855. The number of rotatable bonds is 1. The Kier molecular flexibility index (Phi) is 2.75. The molecule has 3 rings (SSSR count). The van der Waals surface area contributed by atoms with E-state index in [1.807, 2.05) is 0 Å². The molecule has 1 N–H and O–H groups in total. The molecular weight excluding hydrogens is 244 g/mol. The molecule has 0 radical (unpaired) electrons. The van der Waals surface area contributed by atoms with Crippen LogP contribution in [-0.4, -0.2) is 35.1 Å². The molecule has 96 valence electrons. The van der Waals surface area contributed by atoms with E-state index >= 15 is 0 Å². The van der Waals surface area contributed by atoms with E-state index in [4.69, 9.17) is 0 Å². The molecule has 0 bridgehead atoms. The maximum Gasteiger partial charge on any atom is 0.140 e. The van der Waals surface area contributed by atoms with Crippen LogP contribution in [0.25, 0.3) is 10.2 Å². The van der Waals surface area contributed by atoms with Crippen molar-refractivity contribution in [2.45, 2.75) is 26.3 Å². The number of fused-ring (bicyclic) bond motifs is 1. The Balaban J connectivity index is 2.03. The van der Waals surface area contributed by atoms with Crippen LogP contribution in [0.5, 0.6) is 0 Å². The van der Waals surface area contributed by atoms with Crippen LogP contribution in [0.15, 0.2) is 12.4 Å². The third-order valence-corrected chi connectivity index (χ3v) is 4.26. The van der Waals surface area contributed by atoms with Crippen LogP contribution in [0.2, 0.25) is 0 Å². The number of hydrogen-bond donors (Lipinski definition) is 1. The van der Waals surface area contributed by atoms with Crippen LogP contribution in [-0.2, 0) is 0 Å². The smallest absolute Gasteiger partial charge is 0.140 e. The lowest BCUT2D eigenvalue weighted by molar-refractivity contribution is 0.352. The summed E-state index contributed by atoms with van der Waals surface area (Å²) in [5.41, 5.74) is 0.139. The summed E-state index contributed by atoms with van der Waals surface area (Å²) in [7, 11) is 0. The molecule has 0 spiro atoms. The van der Waals surface area contributed by atoms with Crippen molar-refractivity contribution in [3.05, 3.63) is 17.3 Å². The number of aromatic nitrogens is 2. The Bertz CT molecular complexity index is 575. The average molecular weight is 262 g/mol. The average Bonchev–Trinajstić information content (AvgIpc) is 2.67. The number of nitrogens with zero attached hydrogens (tertiary/aromatic N) is 3. The summed E-state index contributed by atoms with van der Waals surface area (Å²) in [5, 5.41) is 4.72. The van der Waals surface area contributed by atoms with Crippen LogP contribution in [0.3, 0.4) is 0 Å². The molecule has 0 saturated carbocycles. The Morgan fingerprint density at radius 1 is 1.39 bits per heavy atom. The lowest BCUT2D eigenvalue weighted by Gasteiger charge is -2.39. The largest absolute Gasteiger partial charge is 0.353 e. The molecule has 0 aliphatic carbocycles. The first kappa shape index (κ1) is 11.9. The fourth-order valence-corrected chi connectivity index (χ4v) is 3.38. The maximum absolute atomic E-state index is 4.50. The van der Waals surface area contributed by atoms with Gasteiger partial charge in [-0.2, -0.15) is 0 Å². The van der Waals surface area contributed by atoms with Gasteiger partial charge in [-0.05, 0) is 26.8 Å². The summed E-state index contributed by atoms with van der Waals surface area (Å²) < 4.78 is 0. The second-order valence-electron chi connectivity index (χ2n) is 5.51. The van der Waals surface area contributed by atoms with Crippen molar-refractivity contribution in [1.82, 2.24) is 15.3 Å². The summed E-state index contributed by atoms with van der Waals surface area (Å²) in [6.07, 6.45) is 1.68. The number of thiophene rings is 1. The van der Waals surface area contributed by atoms with Gasteiger partial charge < -0.3 is 10.2 Å². The van der Waals surface area contributed by atoms with E-state index in [2.05, 4.69) is 47.0 Å². The summed E-state index contributed by atoms with van der Waals surface area (Å²) in [6, 6.07) is 2.20. The number of anilines is 1. The van der Waals surface area contributed by atoms with E-state index in [9.17, 15) is 0 Å². The van der Waals surface area contributed by atoms with Gasteiger partial charge in [0.15, 0.2) is 0 Å². The molecule has 18 heavy (non-hydrogen) atoms. The first-order valence-electron chi connectivity index (χ1n) is 6.26. The first-order chi connectivity index (χ1) is 8.55. The predicted octanol–water partition coefficient (Wildman–Crippen LogP) is 2.19. The van der Waals surface area contributed by atoms with Crippen LogP contribution in [0.1, 0.15) is 18.7 Å². The predicted molar refractivity (Wildman–Crippen MR) is 76.4 cm³/mol. The van der Waals surface area contributed by atoms with Crippen molar-refractivity contribution in [3.63, 3.8) is 0 Å². The minimum atomic E-state index is 0.139. The minimum absolute atomic E-state index is 0.139. The standard InChI is InChI=1S/C13H18N4S/c1-9-6-10-11(14-8-15-12(10)18-9)17-5-4-16-13(2,3)7-17/h6,8,16H,4-5,7H2,1-3H3. The van der Waals surface area contributed by atoms with Gasteiger partial charge >= 0.3 is 0 Å². The highest BCUT2D eigenvalue weighted by atomic mass is 32.1. The van der Waals surface area contributed by atoms with Crippen LogP contribution >= 0.6 is 11.3 Å². The summed E-state index contributed by atoms with van der Waals surface area (Å²) >= 11 is 1.74. The van der Waals surface area contributed by atoms with Gasteiger partial charge in [-0.1, -0.05) is 0 Å². The fourth-order valence-electron chi connectivity index (χ4n) is 2.54. The van der Waals surface area contributed by atoms with Gasteiger partial charge in [-0.15, -0.1) is 11.3 Å². The molecule has 1 aliphatic rings. The molecule has 3 heterocycles. The van der Waals surface area contributed by atoms with E-state index < -0.39 is 0 Å². The number of nitrogens with one attached hydrogen (secondary N) is 1. The van der Waals surface area contributed by atoms with Crippen LogP contribution in [0, 0.1) is 6.92 Å². The Hall–Kier alpha value is -1.20. The molecule has 0 amide bonds. The molecule has 0 unspecified atom stereocenters. The van der Waals surface area contributed by atoms with E-state index in [1.165, 1.54) is 10.3 Å². The Morgan fingerprint density at radius 2 is 2.22 bits per heavy atom. The van der Waals surface area contributed by atoms with Gasteiger partial charge in [0.1, 0.15) is 17.0 Å². The van der Waals surface area contributed by atoms with Gasteiger partial charge in [-0.3, -0.25) is 0 Å². The Labute approximate surface area is 111 Å². The van der Waals surface area contributed by atoms with Crippen molar-refractivity contribution in [2.75, 3.05) is 24.5 Å². The maximum atomic E-state index is 4.50. The molecule has 5 heteroatoms. The normalized spacial score (nSPS) is 19.4. The molecule has 0 atom stereocenters. The highest BCUT2D eigenvalue weighted by Gasteiger charge is 2.27. The zero-order valence-electron chi connectivity index (χ0n) is 11.0. The lowest BCUT2D eigenvalue weighted by atomic mass is 10.0.